The van der Waals surface area contributed by atoms with Crippen LogP contribution < -0.4 is 11.1 Å². The van der Waals surface area contributed by atoms with Crippen molar-refractivity contribution in [3.8, 4) is 0 Å². The molecule has 1 amide bonds. The summed E-state index contributed by atoms with van der Waals surface area (Å²) in [6, 6.07) is 8.28. The summed E-state index contributed by atoms with van der Waals surface area (Å²) in [5, 5.41) is 2.42. The Hall–Kier alpha value is -2.14. The van der Waals surface area contributed by atoms with Gasteiger partial charge in [-0.15, -0.1) is 0 Å². The molecule has 0 aliphatic carbocycles. The van der Waals surface area contributed by atoms with E-state index in [1.165, 1.54) is 18.2 Å². The molecule has 0 saturated carbocycles. The highest BCUT2D eigenvalue weighted by molar-refractivity contribution is 6.34. The molecule has 0 bridgehead atoms. The molecule has 2 aromatic rings. The van der Waals surface area contributed by atoms with Gasteiger partial charge in [-0.25, -0.2) is 8.78 Å². The van der Waals surface area contributed by atoms with E-state index in [1.54, 1.807) is 12.1 Å². The van der Waals surface area contributed by atoms with Crippen LogP contribution in [-0.2, 0) is 0 Å². The number of rotatable bonds is 2. The van der Waals surface area contributed by atoms with Crippen LogP contribution in [0.1, 0.15) is 10.4 Å². The molecule has 0 fully saturated rings. The average molecular weight is 283 g/mol. The lowest BCUT2D eigenvalue weighted by Crippen LogP contribution is -2.15. The van der Waals surface area contributed by atoms with Gasteiger partial charge in [0.25, 0.3) is 5.91 Å². The standard InChI is InChI=1S/C13H9ClF2N2O/c14-8-4-2-1-3-7(8)13(19)18-12-10(17)6-5-9(15)11(12)16/h1-6H,17H2,(H,18,19). The summed E-state index contributed by atoms with van der Waals surface area (Å²) in [7, 11) is 0. The summed E-state index contributed by atoms with van der Waals surface area (Å²) in [5.74, 6) is -2.97. The number of carbonyl (C=O) groups excluding carboxylic acids is 1. The van der Waals surface area contributed by atoms with E-state index < -0.39 is 23.2 Å². The fraction of sp³-hybridized carbons (Fsp3) is 0. The molecule has 0 heterocycles. The molecule has 19 heavy (non-hydrogen) atoms. The van der Waals surface area contributed by atoms with Gasteiger partial charge in [0.2, 0.25) is 0 Å². The lowest BCUT2D eigenvalue weighted by molar-refractivity contribution is 0.102. The van der Waals surface area contributed by atoms with Crippen molar-refractivity contribution in [3.63, 3.8) is 0 Å². The van der Waals surface area contributed by atoms with Gasteiger partial charge in [0, 0.05) is 0 Å². The second kappa shape index (κ2) is 5.24. The molecule has 3 nitrogen and oxygen atoms in total. The van der Waals surface area contributed by atoms with E-state index in [9.17, 15) is 13.6 Å². The fourth-order valence-electron chi connectivity index (χ4n) is 1.52. The number of nitrogens with one attached hydrogen (secondary N) is 1. The Labute approximate surface area is 113 Å². The minimum atomic E-state index is -1.21. The molecule has 0 spiro atoms. The van der Waals surface area contributed by atoms with Crippen LogP contribution in [0.4, 0.5) is 20.2 Å². The third-order valence-corrected chi connectivity index (χ3v) is 2.81. The zero-order chi connectivity index (χ0) is 14.0. The number of carbonyl (C=O) groups is 1. The van der Waals surface area contributed by atoms with Crippen molar-refractivity contribution in [2.45, 2.75) is 0 Å². The lowest BCUT2D eigenvalue weighted by Gasteiger charge is -2.10. The van der Waals surface area contributed by atoms with Crippen LogP contribution in [0.5, 0.6) is 0 Å². The highest BCUT2D eigenvalue weighted by Gasteiger charge is 2.16. The number of nitrogen functional groups attached to an aromatic ring is 1. The number of nitrogens with two attached hydrogens (primary N) is 1. The minimum absolute atomic E-state index is 0.0701. The molecule has 0 unspecified atom stereocenters. The van der Waals surface area contributed by atoms with Gasteiger partial charge in [0.05, 0.1) is 16.3 Å². The quantitative estimate of drug-likeness (QED) is 0.829. The maximum absolute atomic E-state index is 13.5. The van der Waals surface area contributed by atoms with Gasteiger partial charge in [-0.1, -0.05) is 23.7 Å². The summed E-state index contributed by atoms with van der Waals surface area (Å²) < 4.78 is 26.6. The van der Waals surface area contributed by atoms with Gasteiger partial charge >= 0.3 is 0 Å². The summed E-state index contributed by atoms with van der Waals surface area (Å²) in [4.78, 5) is 11.9. The van der Waals surface area contributed by atoms with Crippen LogP contribution in [0.25, 0.3) is 0 Å². The Bertz CT molecular complexity index is 647. The summed E-state index contributed by atoms with van der Waals surface area (Å²) in [5.41, 5.74) is 5.18. The summed E-state index contributed by atoms with van der Waals surface area (Å²) >= 11 is 5.84. The molecule has 0 saturated heterocycles. The number of amides is 1. The van der Waals surface area contributed by atoms with Crippen molar-refractivity contribution < 1.29 is 13.6 Å². The van der Waals surface area contributed by atoms with Gasteiger partial charge < -0.3 is 11.1 Å². The first kappa shape index (κ1) is 13.3. The van der Waals surface area contributed by atoms with Crippen molar-refractivity contribution in [1.82, 2.24) is 0 Å². The highest BCUT2D eigenvalue weighted by atomic mass is 35.5. The van der Waals surface area contributed by atoms with E-state index in [-0.39, 0.29) is 16.3 Å². The molecular weight excluding hydrogens is 274 g/mol. The normalized spacial score (nSPS) is 10.3. The molecule has 0 aromatic heterocycles. The SMILES string of the molecule is Nc1ccc(F)c(F)c1NC(=O)c1ccccc1Cl. The van der Waals surface area contributed by atoms with Crippen LogP contribution in [0.3, 0.4) is 0 Å². The molecule has 6 heteroatoms. The Morgan fingerprint density at radius 1 is 1.16 bits per heavy atom. The molecule has 0 aliphatic heterocycles. The van der Waals surface area contributed by atoms with Crippen LogP contribution >= 0.6 is 11.6 Å². The molecular formula is C13H9ClF2N2O. The molecule has 0 aliphatic rings. The second-order valence-electron chi connectivity index (χ2n) is 3.76. The van der Waals surface area contributed by atoms with Crippen molar-refractivity contribution in [2.24, 2.45) is 0 Å². The van der Waals surface area contributed by atoms with Gasteiger partial charge in [-0.2, -0.15) is 0 Å². The number of anilines is 2. The predicted molar refractivity (Wildman–Crippen MR) is 70.2 cm³/mol. The van der Waals surface area contributed by atoms with Crippen molar-refractivity contribution in [1.29, 1.82) is 0 Å². The molecule has 98 valence electrons. The molecule has 3 N–H and O–H groups in total. The number of benzene rings is 2. The first-order valence-corrected chi connectivity index (χ1v) is 5.68. The van der Waals surface area contributed by atoms with E-state index >= 15 is 0 Å². The van der Waals surface area contributed by atoms with Crippen molar-refractivity contribution >= 4 is 28.9 Å². The highest BCUT2D eigenvalue weighted by Crippen LogP contribution is 2.26. The van der Waals surface area contributed by atoms with Crippen LogP contribution in [0.15, 0.2) is 36.4 Å². The fourth-order valence-corrected chi connectivity index (χ4v) is 1.74. The molecule has 0 atom stereocenters. The van der Waals surface area contributed by atoms with E-state index in [0.717, 1.165) is 6.07 Å². The zero-order valence-electron chi connectivity index (χ0n) is 9.58. The minimum Gasteiger partial charge on any atom is -0.397 e. The second-order valence-corrected chi connectivity index (χ2v) is 4.17. The van der Waals surface area contributed by atoms with Crippen molar-refractivity contribution in [2.75, 3.05) is 11.1 Å². The monoisotopic (exact) mass is 282 g/mol. The lowest BCUT2D eigenvalue weighted by atomic mass is 10.2. The molecule has 2 rings (SSSR count). The van der Waals surface area contributed by atoms with Gasteiger partial charge in [-0.3, -0.25) is 4.79 Å². The van der Waals surface area contributed by atoms with E-state index in [0.29, 0.717) is 0 Å². The Morgan fingerprint density at radius 2 is 1.84 bits per heavy atom. The molecule has 0 radical (unpaired) electrons. The van der Waals surface area contributed by atoms with E-state index in [4.69, 9.17) is 17.3 Å². The maximum Gasteiger partial charge on any atom is 0.257 e. The summed E-state index contributed by atoms with van der Waals surface area (Å²) in [6.45, 7) is 0. The third kappa shape index (κ3) is 2.66. The largest absolute Gasteiger partial charge is 0.397 e. The Kier molecular flexibility index (Phi) is 3.66. The van der Waals surface area contributed by atoms with Crippen LogP contribution in [0, 0.1) is 11.6 Å². The summed E-state index contributed by atoms with van der Waals surface area (Å²) in [6.07, 6.45) is 0. The van der Waals surface area contributed by atoms with Crippen LogP contribution in [0.2, 0.25) is 5.02 Å². The van der Waals surface area contributed by atoms with Gasteiger partial charge in [0.15, 0.2) is 11.6 Å². The van der Waals surface area contributed by atoms with Crippen molar-refractivity contribution in [3.05, 3.63) is 58.6 Å². The maximum atomic E-state index is 13.5. The Balaban J connectivity index is 2.35. The number of hydrogen-bond donors (Lipinski definition) is 2. The van der Waals surface area contributed by atoms with Gasteiger partial charge in [0.1, 0.15) is 5.69 Å². The smallest absolute Gasteiger partial charge is 0.257 e. The Morgan fingerprint density at radius 3 is 2.53 bits per heavy atom. The van der Waals surface area contributed by atoms with E-state index in [1.807, 2.05) is 0 Å². The predicted octanol–water partition coefficient (Wildman–Crippen LogP) is 3.45. The van der Waals surface area contributed by atoms with E-state index in [2.05, 4.69) is 5.32 Å². The van der Waals surface area contributed by atoms with Gasteiger partial charge in [-0.05, 0) is 24.3 Å². The van der Waals surface area contributed by atoms with Crippen LogP contribution in [-0.4, -0.2) is 5.91 Å². The first-order chi connectivity index (χ1) is 9.00. The third-order valence-electron chi connectivity index (χ3n) is 2.48. The zero-order valence-corrected chi connectivity index (χ0v) is 10.3. The number of hydrogen-bond acceptors (Lipinski definition) is 2. The average Bonchev–Trinajstić information content (AvgIpc) is 2.39. The topological polar surface area (TPSA) is 55.1 Å². The molecule has 2 aromatic carbocycles. The first-order valence-electron chi connectivity index (χ1n) is 5.30. The number of halogens is 3.